The van der Waals surface area contributed by atoms with Gasteiger partial charge in [0.2, 0.25) is 0 Å². The van der Waals surface area contributed by atoms with Crippen molar-refractivity contribution in [3.05, 3.63) is 18.6 Å². The van der Waals surface area contributed by atoms with Crippen LogP contribution in [0.3, 0.4) is 0 Å². The predicted octanol–water partition coefficient (Wildman–Crippen LogP) is -0.929. The molecule has 0 saturated carbocycles. The first-order chi connectivity index (χ1) is 7.21. The van der Waals surface area contributed by atoms with Crippen molar-refractivity contribution in [1.82, 2.24) is 19.6 Å². The number of nitrogens with zero attached hydrogens (tertiary/aromatic N) is 3. The lowest BCUT2D eigenvalue weighted by molar-refractivity contribution is 0.359. The van der Waals surface area contributed by atoms with E-state index in [1.54, 1.807) is 0 Å². The van der Waals surface area contributed by atoms with Crippen LogP contribution in [-0.4, -0.2) is 48.9 Å². The molecule has 15 heavy (non-hydrogen) atoms. The van der Waals surface area contributed by atoms with E-state index in [0.29, 0.717) is 26.2 Å². The van der Waals surface area contributed by atoms with Gasteiger partial charge in [0.1, 0.15) is 0 Å². The smallest absolute Gasteiger partial charge is 0.262 e. The van der Waals surface area contributed by atoms with E-state index < -0.39 is 10.0 Å². The maximum atomic E-state index is 12.0. The second-order valence-corrected chi connectivity index (χ2v) is 5.08. The summed E-state index contributed by atoms with van der Waals surface area (Å²) in [5.41, 5.74) is 0. The van der Waals surface area contributed by atoms with Crippen LogP contribution in [0.4, 0.5) is 0 Å². The number of nitrogens with one attached hydrogen (secondary N) is 1. The number of hydrogen-bond donors (Lipinski definition) is 1. The highest BCUT2D eigenvalue weighted by molar-refractivity contribution is 7.89. The summed E-state index contributed by atoms with van der Waals surface area (Å²) in [6.45, 7) is 2.33. The lowest BCUT2D eigenvalue weighted by Gasteiger charge is -2.25. The number of piperazine rings is 1. The maximum Gasteiger partial charge on any atom is 0.262 e. The van der Waals surface area contributed by atoms with Crippen LogP contribution in [0.2, 0.25) is 0 Å². The minimum atomic E-state index is -3.44. The molecule has 1 aromatic rings. The summed E-state index contributed by atoms with van der Waals surface area (Å²) in [5.74, 6) is 0. The van der Waals surface area contributed by atoms with Gasteiger partial charge < -0.3 is 5.32 Å². The van der Waals surface area contributed by atoms with E-state index in [9.17, 15) is 8.42 Å². The van der Waals surface area contributed by atoms with Gasteiger partial charge in [-0.25, -0.2) is 13.4 Å². The molecule has 1 N–H and O–H groups in total. The molecule has 6 nitrogen and oxygen atoms in total. The van der Waals surface area contributed by atoms with Crippen molar-refractivity contribution in [2.45, 2.75) is 5.03 Å². The quantitative estimate of drug-likeness (QED) is 0.708. The van der Waals surface area contributed by atoms with Gasteiger partial charge in [-0.1, -0.05) is 0 Å². The fourth-order valence-electron chi connectivity index (χ4n) is 1.44. The first-order valence-electron chi connectivity index (χ1n) is 4.68. The Morgan fingerprint density at radius 1 is 1.27 bits per heavy atom. The van der Waals surface area contributed by atoms with Crippen LogP contribution in [0.1, 0.15) is 0 Å². The lowest BCUT2D eigenvalue weighted by atomic mass is 10.4. The van der Waals surface area contributed by atoms with Crippen molar-refractivity contribution in [2.75, 3.05) is 26.2 Å². The molecule has 0 atom stereocenters. The molecule has 0 aliphatic carbocycles. The van der Waals surface area contributed by atoms with Gasteiger partial charge in [-0.15, -0.1) is 0 Å². The van der Waals surface area contributed by atoms with Gasteiger partial charge in [0.15, 0.2) is 5.03 Å². The summed E-state index contributed by atoms with van der Waals surface area (Å²) in [5, 5.41) is 3.12. The predicted molar refractivity (Wildman–Crippen MR) is 53.7 cm³/mol. The molecule has 82 valence electrons. The molecule has 0 bridgehead atoms. The highest BCUT2D eigenvalue weighted by Crippen LogP contribution is 2.11. The fraction of sp³-hybridized carbons (Fsp3) is 0.500. The average molecular weight is 228 g/mol. The second-order valence-electron chi connectivity index (χ2n) is 3.20. The van der Waals surface area contributed by atoms with Crippen molar-refractivity contribution >= 4 is 10.0 Å². The van der Waals surface area contributed by atoms with Crippen molar-refractivity contribution < 1.29 is 8.42 Å². The highest BCUT2D eigenvalue weighted by Gasteiger charge is 2.26. The minimum Gasteiger partial charge on any atom is -0.314 e. The zero-order valence-electron chi connectivity index (χ0n) is 8.13. The van der Waals surface area contributed by atoms with Gasteiger partial charge in [-0.2, -0.15) is 4.31 Å². The first kappa shape index (κ1) is 10.5. The monoisotopic (exact) mass is 228 g/mol. The molecule has 7 heteroatoms. The van der Waals surface area contributed by atoms with Gasteiger partial charge in [0.25, 0.3) is 10.0 Å². The molecule has 0 spiro atoms. The SMILES string of the molecule is O=S(=O)(c1cnccn1)N1CCNCC1. The Hall–Kier alpha value is -1.05. The summed E-state index contributed by atoms with van der Waals surface area (Å²) in [6.07, 6.45) is 4.11. The van der Waals surface area contributed by atoms with Crippen LogP contribution in [0, 0.1) is 0 Å². The topological polar surface area (TPSA) is 75.2 Å². The number of rotatable bonds is 2. The van der Waals surface area contributed by atoms with E-state index in [4.69, 9.17) is 0 Å². The molecule has 2 rings (SSSR count). The number of sulfonamides is 1. The largest absolute Gasteiger partial charge is 0.314 e. The van der Waals surface area contributed by atoms with E-state index in [1.165, 1.54) is 22.9 Å². The molecule has 0 aromatic carbocycles. The summed E-state index contributed by atoms with van der Waals surface area (Å²) >= 11 is 0. The molecule has 0 radical (unpaired) electrons. The Bertz CT molecular complexity index is 414. The van der Waals surface area contributed by atoms with Crippen molar-refractivity contribution in [3.63, 3.8) is 0 Å². The van der Waals surface area contributed by atoms with Crippen molar-refractivity contribution in [2.24, 2.45) is 0 Å². The zero-order valence-corrected chi connectivity index (χ0v) is 8.94. The second kappa shape index (κ2) is 4.21. The van der Waals surface area contributed by atoms with Crippen LogP contribution >= 0.6 is 0 Å². The zero-order chi connectivity index (χ0) is 10.7. The summed E-state index contributed by atoms with van der Waals surface area (Å²) < 4.78 is 25.4. The van der Waals surface area contributed by atoms with Gasteiger partial charge in [0, 0.05) is 38.6 Å². The highest BCUT2D eigenvalue weighted by atomic mass is 32.2. The third kappa shape index (κ3) is 2.14. The van der Waals surface area contributed by atoms with Crippen LogP contribution < -0.4 is 5.32 Å². The Balaban J connectivity index is 2.26. The normalized spacial score (nSPS) is 18.9. The Morgan fingerprint density at radius 2 is 2.00 bits per heavy atom. The van der Waals surface area contributed by atoms with Gasteiger partial charge >= 0.3 is 0 Å². The molecule has 0 amide bonds. The van der Waals surface area contributed by atoms with E-state index in [1.807, 2.05) is 0 Å². The van der Waals surface area contributed by atoms with Gasteiger partial charge in [-0.3, -0.25) is 4.98 Å². The summed E-state index contributed by atoms with van der Waals surface area (Å²) in [6, 6.07) is 0. The Kier molecular flexibility index (Phi) is 2.94. The average Bonchev–Trinajstić information content (AvgIpc) is 2.31. The van der Waals surface area contributed by atoms with Gasteiger partial charge in [-0.05, 0) is 0 Å². The molecular weight excluding hydrogens is 216 g/mol. The standard InChI is InChI=1S/C8H12N4O2S/c13-15(14,8-7-10-1-2-11-8)12-5-3-9-4-6-12/h1-2,7,9H,3-6H2. The lowest BCUT2D eigenvalue weighted by Crippen LogP contribution is -2.46. The maximum absolute atomic E-state index is 12.0. The third-order valence-corrected chi connectivity index (χ3v) is 4.00. The minimum absolute atomic E-state index is 0.0203. The van der Waals surface area contributed by atoms with Crippen molar-refractivity contribution in [1.29, 1.82) is 0 Å². The molecule has 1 aromatic heterocycles. The molecule has 1 aliphatic heterocycles. The number of hydrogen-bond acceptors (Lipinski definition) is 5. The molecule has 1 saturated heterocycles. The molecule has 1 fully saturated rings. The van der Waals surface area contributed by atoms with Gasteiger partial charge in [0.05, 0.1) is 6.20 Å². The van der Waals surface area contributed by atoms with E-state index in [-0.39, 0.29) is 5.03 Å². The molecular formula is C8H12N4O2S. The van der Waals surface area contributed by atoms with Crippen LogP contribution in [-0.2, 0) is 10.0 Å². The summed E-state index contributed by atoms with van der Waals surface area (Å²) in [7, 11) is -3.44. The summed E-state index contributed by atoms with van der Waals surface area (Å²) in [4.78, 5) is 7.57. The van der Waals surface area contributed by atoms with Crippen molar-refractivity contribution in [3.8, 4) is 0 Å². The van der Waals surface area contributed by atoms with E-state index in [2.05, 4.69) is 15.3 Å². The van der Waals surface area contributed by atoms with E-state index >= 15 is 0 Å². The molecule has 0 unspecified atom stereocenters. The van der Waals surface area contributed by atoms with E-state index in [0.717, 1.165) is 0 Å². The van der Waals surface area contributed by atoms with Crippen LogP contribution in [0.15, 0.2) is 23.6 Å². The number of aromatic nitrogens is 2. The Morgan fingerprint density at radius 3 is 2.60 bits per heavy atom. The first-order valence-corrected chi connectivity index (χ1v) is 6.12. The Labute approximate surface area is 88.4 Å². The fourth-order valence-corrected chi connectivity index (χ4v) is 2.75. The molecule has 1 aliphatic rings. The molecule has 2 heterocycles. The van der Waals surface area contributed by atoms with Crippen LogP contribution in [0.25, 0.3) is 0 Å². The van der Waals surface area contributed by atoms with Crippen LogP contribution in [0.5, 0.6) is 0 Å². The third-order valence-electron chi connectivity index (χ3n) is 2.22.